The van der Waals surface area contributed by atoms with Gasteiger partial charge in [-0.1, -0.05) is 18.2 Å². The molecule has 0 saturated carbocycles. The van der Waals surface area contributed by atoms with E-state index in [2.05, 4.69) is 20.0 Å². The molecule has 2 heterocycles. The molecule has 1 aliphatic heterocycles. The molecule has 1 amide bonds. The molecule has 4 rings (SSSR count). The second-order valence-electron chi connectivity index (χ2n) is 8.78. The molecule has 11 nitrogen and oxygen atoms in total. The molecule has 3 aromatic rings. The van der Waals surface area contributed by atoms with Crippen molar-refractivity contribution in [2.24, 2.45) is 0 Å². The zero-order valence-corrected chi connectivity index (χ0v) is 21.6. The van der Waals surface area contributed by atoms with Gasteiger partial charge in [0.05, 0.1) is 22.9 Å². The van der Waals surface area contributed by atoms with Gasteiger partial charge in [0.25, 0.3) is 0 Å². The number of para-hydroxylation sites is 2. The van der Waals surface area contributed by atoms with Gasteiger partial charge in [-0.25, -0.2) is 18.4 Å². The van der Waals surface area contributed by atoms with Crippen LogP contribution in [-0.4, -0.2) is 80.1 Å². The van der Waals surface area contributed by atoms with Gasteiger partial charge in [-0.15, -0.1) is 0 Å². The monoisotopic (exact) mass is 529 g/mol. The number of benzene rings is 2. The molecule has 1 aromatic heterocycles. The Kier molecular flexibility index (Phi) is 8.41. The van der Waals surface area contributed by atoms with E-state index in [-0.39, 0.29) is 29.9 Å². The maximum Gasteiger partial charge on any atom is 0.248 e. The molecular weight excluding hydrogens is 498 g/mol. The minimum absolute atomic E-state index is 0.0290. The normalized spacial score (nSPS) is 14.6. The average Bonchev–Trinajstić information content (AvgIpc) is 2.88. The lowest BCUT2D eigenvalue weighted by molar-refractivity contribution is -0.135. The number of aromatic hydroxyl groups is 1. The maximum absolute atomic E-state index is 13.4. The molecule has 0 aliphatic carbocycles. The van der Waals surface area contributed by atoms with Crippen molar-refractivity contribution < 1.29 is 27.8 Å². The summed E-state index contributed by atoms with van der Waals surface area (Å²) in [6.45, 7) is 1.09. The number of fused-ring (bicyclic) bond motifs is 1. The van der Waals surface area contributed by atoms with E-state index < -0.39 is 15.3 Å². The number of aromatic nitrogens is 2. The van der Waals surface area contributed by atoms with Crippen LogP contribution in [-0.2, 0) is 30.7 Å². The van der Waals surface area contributed by atoms with Crippen molar-refractivity contribution in [2.75, 3.05) is 50.6 Å². The van der Waals surface area contributed by atoms with Crippen molar-refractivity contribution in [3.05, 3.63) is 48.0 Å². The Balaban J connectivity index is 1.62. The predicted molar refractivity (Wildman–Crippen MR) is 141 cm³/mol. The van der Waals surface area contributed by atoms with E-state index >= 15 is 0 Å². The van der Waals surface area contributed by atoms with Gasteiger partial charge in [0, 0.05) is 39.1 Å². The van der Waals surface area contributed by atoms with Crippen molar-refractivity contribution in [1.82, 2.24) is 14.9 Å². The zero-order valence-electron chi connectivity index (χ0n) is 20.8. The summed E-state index contributed by atoms with van der Waals surface area (Å²) in [6.07, 6.45) is 1.16. The first-order valence-corrected chi connectivity index (χ1v) is 13.5. The number of piperidine rings is 1. The number of methoxy groups -OCH3 is 2. The van der Waals surface area contributed by atoms with Crippen LogP contribution in [0.15, 0.2) is 42.5 Å². The van der Waals surface area contributed by atoms with E-state index in [0.29, 0.717) is 55.7 Å². The Bertz CT molecular complexity index is 1360. The van der Waals surface area contributed by atoms with E-state index in [0.717, 1.165) is 5.56 Å². The highest BCUT2D eigenvalue weighted by Crippen LogP contribution is 2.31. The number of anilines is 3. The minimum Gasteiger partial charge on any atom is -0.508 e. The predicted octanol–water partition coefficient (Wildman–Crippen LogP) is 2.65. The van der Waals surface area contributed by atoms with Gasteiger partial charge in [0.1, 0.15) is 12.4 Å². The van der Waals surface area contributed by atoms with Gasteiger partial charge in [-0.3, -0.25) is 9.52 Å². The molecule has 1 fully saturated rings. The number of rotatable bonds is 10. The fourth-order valence-corrected chi connectivity index (χ4v) is 5.66. The Morgan fingerprint density at radius 1 is 1.05 bits per heavy atom. The topological polar surface area (TPSA) is 143 Å². The standard InChI is InChI=1S/C25H31N5O6S/c1-35-14-11-17-7-8-18(31)15-22(17)28-24-25(27-21-6-4-3-5-20(21)26-24)29-37(33,34)19-9-12-30(13-10-19)23(32)16-36-2/h3-8,15,19,31H,9-14,16H2,1-2H3,(H,26,28)(H,27,29). The third-order valence-corrected chi connectivity index (χ3v) is 8.06. The summed E-state index contributed by atoms with van der Waals surface area (Å²) >= 11 is 0. The fraction of sp³-hybridized carbons (Fsp3) is 0.400. The Morgan fingerprint density at radius 3 is 2.38 bits per heavy atom. The highest BCUT2D eigenvalue weighted by Gasteiger charge is 2.32. The van der Waals surface area contributed by atoms with Crippen LogP contribution < -0.4 is 10.0 Å². The number of nitrogens with one attached hydrogen (secondary N) is 2. The molecule has 0 unspecified atom stereocenters. The summed E-state index contributed by atoms with van der Waals surface area (Å²) in [4.78, 5) is 22.9. The van der Waals surface area contributed by atoms with Crippen molar-refractivity contribution in [3.8, 4) is 5.75 Å². The number of carbonyl (C=O) groups excluding carboxylic acids is 1. The molecule has 0 spiro atoms. The summed E-state index contributed by atoms with van der Waals surface area (Å²) < 4.78 is 39.5. The summed E-state index contributed by atoms with van der Waals surface area (Å²) in [5.41, 5.74) is 2.53. The lowest BCUT2D eigenvalue weighted by Gasteiger charge is -2.31. The first kappa shape index (κ1) is 26.6. The zero-order chi connectivity index (χ0) is 26.4. The third-order valence-electron chi connectivity index (χ3n) is 6.23. The number of hydrogen-bond acceptors (Lipinski definition) is 9. The van der Waals surface area contributed by atoms with E-state index in [9.17, 15) is 18.3 Å². The molecule has 37 heavy (non-hydrogen) atoms. The molecule has 12 heteroatoms. The largest absolute Gasteiger partial charge is 0.508 e. The van der Waals surface area contributed by atoms with Crippen LogP contribution in [0.2, 0.25) is 0 Å². The highest BCUT2D eigenvalue weighted by molar-refractivity contribution is 7.93. The fourth-order valence-electron chi connectivity index (χ4n) is 4.25. The van der Waals surface area contributed by atoms with Gasteiger partial charge in [0.2, 0.25) is 15.9 Å². The molecule has 198 valence electrons. The summed E-state index contributed by atoms with van der Waals surface area (Å²) in [6, 6.07) is 12.1. The molecule has 0 radical (unpaired) electrons. The number of likely N-dealkylation sites (tertiary alicyclic amines) is 1. The van der Waals surface area contributed by atoms with E-state index in [1.54, 1.807) is 48.4 Å². The number of phenolic OH excluding ortho intramolecular Hbond substituents is 1. The van der Waals surface area contributed by atoms with Crippen LogP contribution >= 0.6 is 0 Å². The van der Waals surface area contributed by atoms with Crippen LogP contribution in [0, 0.1) is 0 Å². The van der Waals surface area contributed by atoms with Crippen molar-refractivity contribution in [1.29, 1.82) is 0 Å². The van der Waals surface area contributed by atoms with Crippen molar-refractivity contribution in [3.63, 3.8) is 0 Å². The van der Waals surface area contributed by atoms with E-state index in [1.807, 2.05) is 6.07 Å². The number of phenols is 1. The van der Waals surface area contributed by atoms with Gasteiger partial charge < -0.3 is 24.8 Å². The van der Waals surface area contributed by atoms with Gasteiger partial charge in [-0.05, 0) is 43.0 Å². The van der Waals surface area contributed by atoms with Crippen LogP contribution in [0.5, 0.6) is 5.75 Å². The lowest BCUT2D eigenvalue weighted by atomic mass is 10.1. The molecule has 0 bridgehead atoms. The highest BCUT2D eigenvalue weighted by atomic mass is 32.2. The van der Waals surface area contributed by atoms with E-state index in [4.69, 9.17) is 9.47 Å². The second kappa shape index (κ2) is 11.7. The summed E-state index contributed by atoms with van der Waals surface area (Å²) in [5.74, 6) is 0.153. The molecule has 1 aliphatic rings. The Hall–Kier alpha value is -3.48. The van der Waals surface area contributed by atoms with Gasteiger partial charge in [-0.2, -0.15) is 0 Å². The Labute approximate surface area is 215 Å². The number of sulfonamides is 1. The molecule has 0 atom stereocenters. The van der Waals surface area contributed by atoms with Crippen molar-refractivity contribution in [2.45, 2.75) is 24.5 Å². The van der Waals surface area contributed by atoms with Gasteiger partial charge in [0.15, 0.2) is 11.6 Å². The number of carbonyl (C=O) groups is 1. The quantitative estimate of drug-likeness (QED) is 0.361. The number of amides is 1. The number of ether oxygens (including phenoxy) is 2. The lowest BCUT2D eigenvalue weighted by Crippen LogP contribution is -2.45. The average molecular weight is 530 g/mol. The maximum atomic E-state index is 13.4. The minimum atomic E-state index is -3.84. The van der Waals surface area contributed by atoms with Crippen LogP contribution in [0.25, 0.3) is 11.0 Å². The summed E-state index contributed by atoms with van der Waals surface area (Å²) in [5, 5.41) is 12.5. The molecule has 2 aromatic carbocycles. The first-order chi connectivity index (χ1) is 17.8. The van der Waals surface area contributed by atoms with Crippen LogP contribution in [0.3, 0.4) is 0 Å². The van der Waals surface area contributed by atoms with Crippen molar-refractivity contribution >= 4 is 44.3 Å². The molecule has 3 N–H and O–H groups in total. The van der Waals surface area contributed by atoms with Crippen LogP contribution in [0.4, 0.5) is 17.3 Å². The summed E-state index contributed by atoms with van der Waals surface area (Å²) in [7, 11) is -0.789. The second-order valence-corrected chi connectivity index (χ2v) is 10.7. The number of nitrogens with zero attached hydrogens (tertiary/aromatic N) is 3. The number of hydrogen-bond donors (Lipinski definition) is 3. The van der Waals surface area contributed by atoms with Crippen LogP contribution in [0.1, 0.15) is 18.4 Å². The first-order valence-electron chi connectivity index (χ1n) is 11.9. The smallest absolute Gasteiger partial charge is 0.248 e. The SMILES string of the molecule is COCCc1ccc(O)cc1Nc1nc2ccccc2nc1NS(=O)(=O)C1CCN(C(=O)COC)CC1. The van der Waals surface area contributed by atoms with Gasteiger partial charge >= 0.3 is 0 Å². The third kappa shape index (κ3) is 6.45. The molecular formula is C25H31N5O6S. The van der Waals surface area contributed by atoms with E-state index in [1.165, 1.54) is 7.11 Å². The Morgan fingerprint density at radius 2 is 1.73 bits per heavy atom. The molecule has 1 saturated heterocycles.